The van der Waals surface area contributed by atoms with Gasteiger partial charge in [0.2, 0.25) is 5.91 Å². The minimum atomic E-state index is -1.01. The number of hydrogen-bond donors (Lipinski definition) is 2. The third-order valence-electron chi connectivity index (χ3n) is 3.45. The summed E-state index contributed by atoms with van der Waals surface area (Å²) >= 11 is 0. The third-order valence-corrected chi connectivity index (χ3v) is 3.45. The van der Waals surface area contributed by atoms with Crippen molar-refractivity contribution < 1.29 is 24.2 Å². The maximum atomic E-state index is 12.0. The van der Waals surface area contributed by atoms with Gasteiger partial charge in [-0.15, -0.1) is 0 Å². The van der Waals surface area contributed by atoms with Gasteiger partial charge in [-0.1, -0.05) is 13.8 Å². The molecule has 0 radical (unpaired) electrons. The van der Waals surface area contributed by atoms with E-state index < -0.39 is 12.0 Å². The Kier molecular flexibility index (Phi) is 7.38. The molecule has 0 unspecified atom stereocenters. The Bertz CT molecular complexity index is 542. The van der Waals surface area contributed by atoms with Gasteiger partial charge in [0.25, 0.3) is 0 Å². The molecule has 1 aromatic carbocycles. The Morgan fingerprint density at radius 3 is 2.43 bits per heavy atom. The van der Waals surface area contributed by atoms with Crippen molar-refractivity contribution in [2.45, 2.75) is 39.2 Å². The number of benzene rings is 1. The van der Waals surface area contributed by atoms with Crippen LogP contribution in [0.25, 0.3) is 0 Å². The normalized spacial score (nSPS) is 11.9. The molecule has 0 saturated heterocycles. The van der Waals surface area contributed by atoms with Crippen LogP contribution in [-0.4, -0.2) is 37.2 Å². The van der Waals surface area contributed by atoms with Gasteiger partial charge >= 0.3 is 5.97 Å². The molecule has 1 amide bonds. The second kappa shape index (κ2) is 9.02. The van der Waals surface area contributed by atoms with Gasteiger partial charge < -0.3 is 19.9 Å². The summed E-state index contributed by atoms with van der Waals surface area (Å²) < 4.78 is 10.4. The number of carboxylic acid groups (broad SMARTS) is 1. The van der Waals surface area contributed by atoms with E-state index in [4.69, 9.17) is 14.6 Å². The summed E-state index contributed by atoms with van der Waals surface area (Å²) in [6.07, 6.45) is 1.04. The van der Waals surface area contributed by atoms with Gasteiger partial charge in [0.05, 0.1) is 14.2 Å². The summed E-state index contributed by atoms with van der Waals surface area (Å²) in [6.45, 7) is 3.84. The number of methoxy groups -OCH3 is 2. The van der Waals surface area contributed by atoms with E-state index in [2.05, 4.69) is 5.32 Å². The molecule has 23 heavy (non-hydrogen) atoms. The predicted octanol–water partition coefficient (Wildman–Crippen LogP) is 2.25. The van der Waals surface area contributed by atoms with Gasteiger partial charge in [0.15, 0.2) is 0 Å². The molecular formula is C17H25NO5. The molecule has 0 fully saturated rings. The number of carbonyl (C=O) groups is 2. The molecule has 128 valence electrons. The first-order valence-corrected chi connectivity index (χ1v) is 7.60. The van der Waals surface area contributed by atoms with E-state index in [1.165, 1.54) is 0 Å². The van der Waals surface area contributed by atoms with Crippen LogP contribution in [0.4, 0.5) is 0 Å². The number of carbonyl (C=O) groups excluding carboxylic acids is 1. The average molecular weight is 323 g/mol. The molecular weight excluding hydrogens is 298 g/mol. The van der Waals surface area contributed by atoms with E-state index >= 15 is 0 Å². The van der Waals surface area contributed by atoms with E-state index in [1.54, 1.807) is 26.4 Å². The molecule has 1 atom stereocenters. The molecule has 0 aliphatic carbocycles. The van der Waals surface area contributed by atoms with E-state index in [0.717, 1.165) is 5.56 Å². The van der Waals surface area contributed by atoms with Crippen molar-refractivity contribution in [1.29, 1.82) is 0 Å². The van der Waals surface area contributed by atoms with Gasteiger partial charge in [-0.05, 0) is 42.5 Å². The van der Waals surface area contributed by atoms with Crippen molar-refractivity contribution in [3.63, 3.8) is 0 Å². The monoisotopic (exact) mass is 323 g/mol. The standard InChI is InChI=1S/C17H25NO5/c1-11(2)9-14(17(20)21)18-16(19)8-5-12-10-13(22-3)6-7-15(12)23-4/h6-7,10-11,14H,5,8-9H2,1-4H3,(H,18,19)(H,20,21)/t14-/m1/s1. The van der Waals surface area contributed by atoms with Crippen molar-refractivity contribution in [3.8, 4) is 11.5 Å². The lowest BCUT2D eigenvalue weighted by molar-refractivity contribution is -0.142. The molecule has 1 aromatic rings. The van der Waals surface area contributed by atoms with E-state index in [-0.39, 0.29) is 18.2 Å². The number of aryl methyl sites for hydroxylation is 1. The van der Waals surface area contributed by atoms with Crippen LogP contribution in [-0.2, 0) is 16.0 Å². The molecule has 6 heteroatoms. The van der Waals surface area contributed by atoms with Crippen molar-refractivity contribution in [1.82, 2.24) is 5.32 Å². The maximum absolute atomic E-state index is 12.0. The second-order valence-corrected chi connectivity index (χ2v) is 5.77. The summed E-state index contributed by atoms with van der Waals surface area (Å²) in [5, 5.41) is 11.7. The fourth-order valence-corrected chi connectivity index (χ4v) is 2.28. The average Bonchev–Trinajstić information content (AvgIpc) is 2.51. The zero-order valence-electron chi connectivity index (χ0n) is 14.1. The minimum absolute atomic E-state index is 0.186. The second-order valence-electron chi connectivity index (χ2n) is 5.77. The molecule has 1 rings (SSSR count). The Balaban J connectivity index is 2.66. The predicted molar refractivity (Wildman–Crippen MR) is 86.9 cm³/mol. The summed E-state index contributed by atoms with van der Waals surface area (Å²) in [5.74, 6) is 0.254. The first kappa shape index (κ1) is 18.8. The van der Waals surface area contributed by atoms with Crippen molar-refractivity contribution in [2.24, 2.45) is 5.92 Å². The molecule has 0 saturated carbocycles. The molecule has 2 N–H and O–H groups in total. The first-order valence-electron chi connectivity index (χ1n) is 7.60. The number of carboxylic acids is 1. The summed E-state index contributed by atoms with van der Waals surface area (Å²) in [5.41, 5.74) is 0.845. The highest BCUT2D eigenvalue weighted by Gasteiger charge is 2.21. The van der Waals surface area contributed by atoms with E-state index in [1.807, 2.05) is 19.9 Å². The first-order chi connectivity index (χ1) is 10.9. The zero-order chi connectivity index (χ0) is 17.4. The lowest BCUT2D eigenvalue weighted by atomic mass is 10.0. The Morgan fingerprint density at radius 1 is 1.22 bits per heavy atom. The highest BCUT2D eigenvalue weighted by Crippen LogP contribution is 2.25. The molecule has 0 aliphatic heterocycles. The maximum Gasteiger partial charge on any atom is 0.326 e. The van der Waals surface area contributed by atoms with E-state index in [9.17, 15) is 9.59 Å². The minimum Gasteiger partial charge on any atom is -0.497 e. The summed E-state index contributed by atoms with van der Waals surface area (Å²) in [4.78, 5) is 23.2. The Labute approximate surface area is 136 Å². The molecule has 6 nitrogen and oxygen atoms in total. The molecule has 0 aromatic heterocycles. The van der Waals surface area contributed by atoms with Crippen LogP contribution in [0.2, 0.25) is 0 Å². The molecule has 0 bridgehead atoms. The fraction of sp³-hybridized carbons (Fsp3) is 0.529. The number of aliphatic carboxylic acids is 1. The van der Waals surface area contributed by atoms with Crippen LogP contribution >= 0.6 is 0 Å². The van der Waals surface area contributed by atoms with Gasteiger partial charge in [0.1, 0.15) is 17.5 Å². The van der Waals surface area contributed by atoms with Crippen LogP contribution < -0.4 is 14.8 Å². The quantitative estimate of drug-likeness (QED) is 0.728. The highest BCUT2D eigenvalue weighted by atomic mass is 16.5. The number of rotatable bonds is 9. The van der Waals surface area contributed by atoms with Crippen molar-refractivity contribution in [2.75, 3.05) is 14.2 Å². The van der Waals surface area contributed by atoms with Crippen molar-refractivity contribution in [3.05, 3.63) is 23.8 Å². The Morgan fingerprint density at radius 2 is 1.91 bits per heavy atom. The van der Waals surface area contributed by atoms with Crippen LogP contribution in [0.5, 0.6) is 11.5 Å². The number of amides is 1. The van der Waals surface area contributed by atoms with Crippen LogP contribution in [0, 0.1) is 5.92 Å². The van der Waals surface area contributed by atoms with Crippen molar-refractivity contribution >= 4 is 11.9 Å². The lowest BCUT2D eigenvalue weighted by Crippen LogP contribution is -2.41. The number of ether oxygens (including phenoxy) is 2. The van der Waals surface area contributed by atoms with Crippen LogP contribution in [0.15, 0.2) is 18.2 Å². The highest BCUT2D eigenvalue weighted by molar-refractivity contribution is 5.83. The summed E-state index contributed by atoms with van der Waals surface area (Å²) in [7, 11) is 3.14. The topological polar surface area (TPSA) is 84.9 Å². The summed E-state index contributed by atoms with van der Waals surface area (Å²) in [6, 6.07) is 4.53. The van der Waals surface area contributed by atoms with Gasteiger partial charge in [-0.2, -0.15) is 0 Å². The molecule has 0 spiro atoms. The molecule has 0 heterocycles. The van der Waals surface area contributed by atoms with Gasteiger partial charge in [0, 0.05) is 6.42 Å². The van der Waals surface area contributed by atoms with Crippen LogP contribution in [0.3, 0.4) is 0 Å². The van der Waals surface area contributed by atoms with E-state index in [0.29, 0.717) is 24.3 Å². The zero-order valence-corrected chi connectivity index (χ0v) is 14.1. The van der Waals surface area contributed by atoms with Gasteiger partial charge in [-0.3, -0.25) is 4.79 Å². The fourth-order valence-electron chi connectivity index (χ4n) is 2.28. The lowest BCUT2D eigenvalue weighted by Gasteiger charge is -2.16. The largest absolute Gasteiger partial charge is 0.497 e. The molecule has 0 aliphatic rings. The van der Waals surface area contributed by atoms with Crippen LogP contribution in [0.1, 0.15) is 32.3 Å². The smallest absolute Gasteiger partial charge is 0.326 e. The van der Waals surface area contributed by atoms with Gasteiger partial charge in [-0.25, -0.2) is 4.79 Å². The number of nitrogens with one attached hydrogen (secondary N) is 1. The third kappa shape index (κ3) is 6.18. The SMILES string of the molecule is COc1ccc(OC)c(CCC(=O)N[C@H](CC(C)C)C(=O)O)c1. The number of hydrogen-bond acceptors (Lipinski definition) is 4. The Hall–Kier alpha value is -2.24.